The zero-order valence-corrected chi connectivity index (χ0v) is 18.8. The lowest BCUT2D eigenvalue weighted by atomic mass is 10.1. The second-order valence-electron chi connectivity index (χ2n) is 8.47. The van der Waals surface area contributed by atoms with Crippen LogP contribution in [0.4, 0.5) is 0 Å². The number of amides is 2. The molecule has 1 aliphatic heterocycles. The molecule has 0 atom stereocenters. The Morgan fingerprint density at radius 1 is 0.844 bits per heavy atom. The largest absolute Gasteiger partial charge is 0.335 e. The summed E-state index contributed by atoms with van der Waals surface area (Å²) >= 11 is 5.93. The summed E-state index contributed by atoms with van der Waals surface area (Å²) in [5.74, 6) is -0.0640. The van der Waals surface area contributed by atoms with Crippen molar-refractivity contribution in [3.8, 4) is 5.69 Å². The van der Waals surface area contributed by atoms with Crippen LogP contribution in [0.3, 0.4) is 0 Å². The number of halogens is 1. The summed E-state index contributed by atoms with van der Waals surface area (Å²) in [5.41, 5.74) is 5.59. The van der Waals surface area contributed by atoms with Gasteiger partial charge in [0.15, 0.2) is 5.69 Å². The standard InChI is InChI=1S/C25H25ClN4O2/c1-17-5-11-20(12-6-17)30-22-4-2-3-21(22)23(27-30)25(32)29-15-13-28(14-16-29)24(31)18-7-9-19(26)10-8-18/h5-12H,2-4,13-16H2,1H3. The van der Waals surface area contributed by atoms with Crippen LogP contribution in [0.15, 0.2) is 48.5 Å². The van der Waals surface area contributed by atoms with Gasteiger partial charge in [0.1, 0.15) is 0 Å². The maximum Gasteiger partial charge on any atom is 0.274 e. The Bertz CT molecular complexity index is 1160. The van der Waals surface area contributed by atoms with Crippen LogP contribution < -0.4 is 0 Å². The SMILES string of the molecule is Cc1ccc(-n2nc(C(=O)N3CCN(C(=O)c4ccc(Cl)cc4)CC3)c3c2CCC3)cc1. The van der Waals surface area contributed by atoms with Crippen LogP contribution in [0.2, 0.25) is 5.02 Å². The molecule has 0 bridgehead atoms. The predicted octanol–water partition coefficient (Wildman–Crippen LogP) is 3.92. The second kappa shape index (κ2) is 8.43. The number of carbonyl (C=O) groups excluding carboxylic acids is 2. The minimum absolute atomic E-state index is 0.0293. The Morgan fingerprint density at radius 3 is 2.12 bits per heavy atom. The minimum Gasteiger partial charge on any atom is -0.335 e. The molecule has 6 nitrogen and oxygen atoms in total. The van der Waals surface area contributed by atoms with Crippen molar-refractivity contribution in [2.75, 3.05) is 26.2 Å². The van der Waals surface area contributed by atoms with Crippen molar-refractivity contribution >= 4 is 23.4 Å². The minimum atomic E-state index is -0.0346. The van der Waals surface area contributed by atoms with Crippen LogP contribution in [0.5, 0.6) is 0 Å². The quantitative estimate of drug-likeness (QED) is 0.610. The van der Waals surface area contributed by atoms with Crippen molar-refractivity contribution in [3.05, 3.63) is 81.6 Å². The van der Waals surface area contributed by atoms with Crippen molar-refractivity contribution in [2.45, 2.75) is 26.2 Å². The molecule has 5 rings (SSSR count). The molecule has 2 aromatic carbocycles. The second-order valence-corrected chi connectivity index (χ2v) is 8.90. The van der Waals surface area contributed by atoms with Gasteiger partial charge in [-0.05, 0) is 62.6 Å². The molecule has 1 saturated heterocycles. The number of aromatic nitrogens is 2. The lowest BCUT2D eigenvalue weighted by Gasteiger charge is -2.34. The first-order chi connectivity index (χ1) is 15.5. The van der Waals surface area contributed by atoms with E-state index in [0.717, 1.165) is 36.2 Å². The molecular weight excluding hydrogens is 424 g/mol. The van der Waals surface area contributed by atoms with Crippen LogP contribution >= 0.6 is 11.6 Å². The smallest absolute Gasteiger partial charge is 0.274 e. The van der Waals surface area contributed by atoms with E-state index in [-0.39, 0.29) is 11.8 Å². The molecule has 0 radical (unpaired) electrons. The summed E-state index contributed by atoms with van der Waals surface area (Å²) in [6.45, 7) is 4.08. The third-order valence-corrected chi connectivity index (χ3v) is 6.61. The van der Waals surface area contributed by atoms with Crippen molar-refractivity contribution < 1.29 is 9.59 Å². The maximum absolute atomic E-state index is 13.4. The number of carbonyl (C=O) groups is 2. The number of hydrogen-bond acceptors (Lipinski definition) is 3. The number of rotatable bonds is 3. The van der Waals surface area contributed by atoms with E-state index in [2.05, 4.69) is 31.2 Å². The van der Waals surface area contributed by atoms with Crippen LogP contribution in [0, 0.1) is 6.92 Å². The number of aryl methyl sites for hydroxylation is 1. The van der Waals surface area contributed by atoms with Crippen molar-refractivity contribution in [2.24, 2.45) is 0 Å². The molecule has 1 fully saturated rings. The summed E-state index contributed by atoms with van der Waals surface area (Å²) in [6, 6.07) is 15.2. The fraction of sp³-hybridized carbons (Fsp3) is 0.320. The van der Waals surface area contributed by atoms with Gasteiger partial charge in [-0.25, -0.2) is 4.68 Å². The predicted molar refractivity (Wildman–Crippen MR) is 124 cm³/mol. The molecular formula is C25H25ClN4O2. The summed E-state index contributed by atoms with van der Waals surface area (Å²) in [6.07, 6.45) is 2.87. The molecule has 0 spiro atoms. The molecule has 1 aliphatic carbocycles. The molecule has 32 heavy (non-hydrogen) atoms. The van der Waals surface area contributed by atoms with Gasteiger partial charge in [0.05, 0.1) is 5.69 Å². The van der Waals surface area contributed by atoms with Crippen LogP contribution in [0.25, 0.3) is 5.69 Å². The van der Waals surface area contributed by atoms with Gasteiger partial charge in [-0.1, -0.05) is 29.3 Å². The molecule has 7 heteroatoms. The van der Waals surface area contributed by atoms with Crippen molar-refractivity contribution in [1.29, 1.82) is 0 Å². The first-order valence-electron chi connectivity index (χ1n) is 11.0. The fourth-order valence-electron chi connectivity index (χ4n) is 4.55. The zero-order valence-electron chi connectivity index (χ0n) is 18.1. The topological polar surface area (TPSA) is 58.4 Å². The summed E-state index contributed by atoms with van der Waals surface area (Å²) in [4.78, 5) is 29.8. The Kier molecular flexibility index (Phi) is 5.47. The Balaban J connectivity index is 1.31. The molecule has 2 heterocycles. The number of nitrogens with zero attached hydrogens (tertiary/aromatic N) is 4. The summed E-state index contributed by atoms with van der Waals surface area (Å²) in [7, 11) is 0. The van der Waals surface area contributed by atoms with E-state index in [9.17, 15) is 9.59 Å². The maximum atomic E-state index is 13.4. The molecule has 3 aromatic rings. The van der Waals surface area contributed by atoms with Crippen LogP contribution in [-0.2, 0) is 12.8 Å². The van der Waals surface area contributed by atoms with E-state index in [1.807, 2.05) is 9.58 Å². The molecule has 0 saturated carbocycles. The first kappa shape index (κ1) is 20.8. The van der Waals surface area contributed by atoms with E-state index in [1.54, 1.807) is 29.2 Å². The Hall–Kier alpha value is -3.12. The number of hydrogen-bond donors (Lipinski definition) is 0. The summed E-state index contributed by atoms with van der Waals surface area (Å²) < 4.78 is 1.94. The van der Waals surface area contributed by atoms with E-state index >= 15 is 0 Å². The third kappa shape index (κ3) is 3.79. The van der Waals surface area contributed by atoms with Gasteiger partial charge in [-0.3, -0.25) is 9.59 Å². The van der Waals surface area contributed by atoms with Gasteiger partial charge in [0, 0.05) is 48.0 Å². The molecule has 0 N–H and O–H groups in total. The van der Waals surface area contributed by atoms with Gasteiger partial charge < -0.3 is 9.80 Å². The molecule has 0 unspecified atom stereocenters. The lowest BCUT2D eigenvalue weighted by Crippen LogP contribution is -2.50. The van der Waals surface area contributed by atoms with Crippen LogP contribution in [-0.4, -0.2) is 57.6 Å². The highest BCUT2D eigenvalue weighted by Crippen LogP contribution is 2.29. The molecule has 164 valence electrons. The molecule has 2 amide bonds. The highest BCUT2D eigenvalue weighted by molar-refractivity contribution is 6.30. The molecule has 2 aliphatic rings. The van der Waals surface area contributed by atoms with Crippen molar-refractivity contribution in [3.63, 3.8) is 0 Å². The molecule has 1 aromatic heterocycles. The average Bonchev–Trinajstić information content (AvgIpc) is 3.43. The zero-order chi connectivity index (χ0) is 22.2. The normalized spacial score (nSPS) is 15.7. The van der Waals surface area contributed by atoms with Crippen LogP contribution in [0.1, 0.15) is 44.1 Å². The number of benzene rings is 2. The van der Waals surface area contributed by atoms with E-state index in [1.165, 1.54) is 5.56 Å². The van der Waals surface area contributed by atoms with Gasteiger partial charge >= 0.3 is 0 Å². The number of fused-ring (bicyclic) bond motifs is 1. The van der Waals surface area contributed by atoms with E-state index in [4.69, 9.17) is 16.7 Å². The van der Waals surface area contributed by atoms with Gasteiger partial charge in [0.2, 0.25) is 0 Å². The highest BCUT2D eigenvalue weighted by atomic mass is 35.5. The van der Waals surface area contributed by atoms with Crippen molar-refractivity contribution in [1.82, 2.24) is 19.6 Å². The lowest BCUT2D eigenvalue weighted by molar-refractivity contribution is 0.0531. The third-order valence-electron chi connectivity index (χ3n) is 6.36. The van der Waals surface area contributed by atoms with Gasteiger partial charge in [-0.2, -0.15) is 5.10 Å². The summed E-state index contributed by atoms with van der Waals surface area (Å²) in [5, 5.41) is 5.36. The van der Waals surface area contributed by atoms with E-state index < -0.39 is 0 Å². The highest BCUT2D eigenvalue weighted by Gasteiger charge is 2.32. The van der Waals surface area contributed by atoms with Gasteiger partial charge in [0.25, 0.3) is 11.8 Å². The monoisotopic (exact) mass is 448 g/mol. The Labute approximate surface area is 192 Å². The fourth-order valence-corrected chi connectivity index (χ4v) is 4.67. The first-order valence-corrected chi connectivity index (χ1v) is 11.4. The average molecular weight is 449 g/mol. The number of piperazine rings is 1. The Morgan fingerprint density at radius 2 is 1.47 bits per heavy atom. The van der Waals surface area contributed by atoms with E-state index in [0.29, 0.717) is 42.5 Å². The van der Waals surface area contributed by atoms with Gasteiger partial charge in [-0.15, -0.1) is 0 Å².